The van der Waals surface area contributed by atoms with Crippen LogP contribution in [0, 0.1) is 0 Å². The summed E-state index contributed by atoms with van der Waals surface area (Å²) in [7, 11) is 0. The molecule has 0 aliphatic heterocycles. The van der Waals surface area contributed by atoms with Crippen LogP contribution in [-0.4, -0.2) is 12.6 Å². The minimum Gasteiger partial charge on any atom is -0.314 e. The van der Waals surface area contributed by atoms with Gasteiger partial charge in [-0.3, -0.25) is 0 Å². The van der Waals surface area contributed by atoms with E-state index in [1.54, 1.807) is 0 Å². The number of hydrogen-bond acceptors (Lipinski definition) is 1. The molecule has 1 nitrogen and oxygen atoms in total. The molecule has 0 radical (unpaired) electrons. The topological polar surface area (TPSA) is 12.0 Å². The Kier molecular flexibility index (Phi) is 5.14. The Morgan fingerprint density at radius 2 is 2.08 bits per heavy atom. The van der Waals surface area contributed by atoms with Crippen LogP contribution in [0.4, 0.5) is 0 Å². The van der Waals surface area contributed by atoms with Gasteiger partial charge in [0.2, 0.25) is 0 Å². The van der Waals surface area contributed by atoms with Crippen LogP contribution in [0.5, 0.6) is 0 Å². The first-order chi connectivity index (χ1) is 6.33. The van der Waals surface area contributed by atoms with E-state index in [4.69, 9.17) is 0 Å². The van der Waals surface area contributed by atoms with Gasteiger partial charge < -0.3 is 5.32 Å². The molecule has 1 aliphatic carbocycles. The normalized spacial score (nSPS) is 17.9. The van der Waals surface area contributed by atoms with E-state index in [1.165, 1.54) is 50.6 Å². The molecule has 0 aromatic heterocycles. The second kappa shape index (κ2) is 6.20. The molecular formula is C12H23N. The van der Waals surface area contributed by atoms with Crippen molar-refractivity contribution in [2.24, 2.45) is 0 Å². The Morgan fingerprint density at radius 1 is 1.38 bits per heavy atom. The molecule has 0 amide bonds. The Balaban J connectivity index is 1.91. The second-order valence-corrected chi connectivity index (χ2v) is 4.14. The largest absolute Gasteiger partial charge is 0.314 e. The fourth-order valence-corrected chi connectivity index (χ4v) is 1.95. The van der Waals surface area contributed by atoms with E-state index < -0.39 is 0 Å². The first-order valence-corrected chi connectivity index (χ1v) is 5.73. The van der Waals surface area contributed by atoms with E-state index in [2.05, 4.69) is 18.8 Å². The zero-order valence-corrected chi connectivity index (χ0v) is 8.94. The molecule has 0 aromatic rings. The molecule has 0 atom stereocenters. The van der Waals surface area contributed by atoms with E-state index >= 15 is 0 Å². The van der Waals surface area contributed by atoms with Gasteiger partial charge in [-0.25, -0.2) is 0 Å². The molecule has 0 saturated heterocycles. The Bertz CT molecular complexity index is 145. The van der Waals surface area contributed by atoms with Crippen molar-refractivity contribution in [1.82, 2.24) is 5.32 Å². The van der Waals surface area contributed by atoms with Crippen molar-refractivity contribution in [3.63, 3.8) is 0 Å². The maximum atomic E-state index is 4.01. The summed E-state index contributed by atoms with van der Waals surface area (Å²) < 4.78 is 0. The van der Waals surface area contributed by atoms with Gasteiger partial charge in [0, 0.05) is 6.04 Å². The summed E-state index contributed by atoms with van der Waals surface area (Å²) in [6.45, 7) is 7.39. The monoisotopic (exact) mass is 181 g/mol. The van der Waals surface area contributed by atoms with Crippen LogP contribution in [-0.2, 0) is 0 Å². The van der Waals surface area contributed by atoms with Crippen LogP contribution in [0.25, 0.3) is 0 Å². The third kappa shape index (κ3) is 4.47. The smallest absolute Gasteiger partial charge is 0.00670 e. The highest BCUT2D eigenvalue weighted by atomic mass is 14.9. The van der Waals surface area contributed by atoms with E-state index in [-0.39, 0.29) is 0 Å². The van der Waals surface area contributed by atoms with Crippen LogP contribution in [0.2, 0.25) is 0 Å². The van der Waals surface area contributed by atoms with Crippen molar-refractivity contribution in [3.8, 4) is 0 Å². The molecule has 0 heterocycles. The highest BCUT2D eigenvalue weighted by molar-refractivity contribution is 4.92. The highest BCUT2D eigenvalue weighted by Crippen LogP contribution is 2.17. The minimum atomic E-state index is 0.829. The summed E-state index contributed by atoms with van der Waals surface area (Å²) in [4.78, 5) is 0. The van der Waals surface area contributed by atoms with Crippen molar-refractivity contribution in [3.05, 3.63) is 12.2 Å². The zero-order valence-electron chi connectivity index (χ0n) is 8.94. The van der Waals surface area contributed by atoms with Gasteiger partial charge in [0.1, 0.15) is 0 Å². The van der Waals surface area contributed by atoms with Gasteiger partial charge in [-0.15, -0.1) is 0 Å². The van der Waals surface area contributed by atoms with Crippen LogP contribution < -0.4 is 5.32 Å². The molecule has 1 rings (SSSR count). The van der Waals surface area contributed by atoms with Crippen molar-refractivity contribution in [2.45, 2.75) is 57.9 Å². The molecule has 0 unspecified atom stereocenters. The lowest BCUT2D eigenvalue weighted by molar-refractivity contribution is 0.514. The van der Waals surface area contributed by atoms with Crippen LogP contribution in [0.15, 0.2) is 12.2 Å². The Hall–Kier alpha value is -0.300. The summed E-state index contributed by atoms with van der Waals surface area (Å²) in [5, 5.41) is 3.62. The van der Waals surface area contributed by atoms with Crippen molar-refractivity contribution >= 4 is 0 Å². The Labute approximate surface area is 82.6 Å². The van der Waals surface area contributed by atoms with Gasteiger partial charge >= 0.3 is 0 Å². The third-order valence-electron chi connectivity index (χ3n) is 3.00. The lowest BCUT2D eigenvalue weighted by Crippen LogP contribution is -2.26. The highest BCUT2D eigenvalue weighted by Gasteiger charge is 2.12. The molecule has 1 N–H and O–H groups in total. The average Bonchev–Trinajstić information content (AvgIpc) is 2.64. The lowest BCUT2D eigenvalue weighted by Gasteiger charge is -2.11. The van der Waals surface area contributed by atoms with Crippen molar-refractivity contribution in [2.75, 3.05) is 6.54 Å². The first-order valence-electron chi connectivity index (χ1n) is 5.73. The van der Waals surface area contributed by atoms with Gasteiger partial charge in [0.25, 0.3) is 0 Å². The van der Waals surface area contributed by atoms with Gasteiger partial charge in [-0.2, -0.15) is 0 Å². The molecule has 76 valence electrons. The summed E-state index contributed by atoms with van der Waals surface area (Å²) in [5.74, 6) is 0. The van der Waals surface area contributed by atoms with Gasteiger partial charge in [-0.1, -0.05) is 31.9 Å². The molecule has 1 fully saturated rings. The summed E-state index contributed by atoms with van der Waals surface area (Å²) in [6.07, 6.45) is 9.27. The van der Waals surface area contributed by atoms with Gasteiger partial charge in [-0.05, 0) is 38.6 Å². The number of allylic oxidation sites excluding steroid dienone is 1. The SMILES string of the molecule is C=C(CC)CCCNC1CCCC1. The maximum Gasteiger partial charge on any atom is 0.00670 e. The quantitative estimate of drug-likeness (QED) is 0.490. The zero-order chi connectivity index (χ0) is 9.52. The predicted molar refractivity (Wildman–Crippen MR) is 58.9 cm³/mol. The van der Waals surface area contributed by atoms with Crippen molar-refractivity contribution in [1.29, 1.82) is 0 Å². The lowest BCUT2D eigenvalue weighted by atomic mass is 10.1. The van der Waals surface area contributed by atoms with Gasteiger partial charge in [0.05, 0.1) is 0 Å². The summed E-state index contributed by atoms with van der Waals surface area (Å²) >= 11 is 0. The molecule has 1 heteroatoms. The van der Waals surface area contributed by atoms with E-state index in [0.717, 1.165) is 12.5 Å². The van der Waals surface area contributed by atoms with E-state index in [9.17, 15) is 0 Å². The minimum absolute atomic E-state index is 0.829. The molecule has 1 aliphatic rings. The summed E-state index contributed by atoms with van der Waals surface area (Å²) in [5.41, 5.74) is 1.40. The fraction of sp³-hybridized carbons (Fsp3) is 0.833. The fourth-order valence-electron chi connectivity index (χ4n) is 1.95. The van der Waals surface area contributed by atoms with Gasteiger partial charge in [0.15, 0.2) is 0 Å². The third-order valence-corrected chi connectivity index (χ3v) is 3.00. The van der Waals surface area contributed by atoms with Crippen LogP contribution >= 0.6 is 0 Å². The average molecular weight is 181 g/mol. The number of rotatable bonds is 6. The van der Waals surface area contributed by atoms with Crippen LogP contribution in [0.3, 0.4) is 0 Å². The maximum absolute atomic E-state index is 4.01. The molecular weight excluding hydrogens is 158 g/mol. The van der Waals surface area contributed by atoms with Crippen molar-refractivity contribution < 1.29 is 0 Å². The standard InChI is InChI=1S/C12H23N/c1-3-11(2)7-6-10-13-12-8-4-5-9-12/h12-13H,2-10H2,1H3. The summed E-state index contributed by atoms with van der Waals surface area (Å²) in [6, 6.07) is 0.829. The molecule has 0 bridgehead atoms. The molecule has 0 aromatic carbocycles. The predicted octanol–water partition coefficient (Wildman–Crippen LogP) is 3.27. The first kappa shape index (κ1) is 10.8. The Morgan fingerprint density at radius 3 is 2.69 bits per heavy atom. The molecule has 0 spiro atoms. The van der Waals surface area contributed by atoms with E-state index in [1.807, 2.05) is 0 Å². The molecule has 13 heavy (non-hydrogen) atoms. The molecule has 1 saturated carbocycles. The van der Waals surface area contributed by atoms with E-state index in [0.29, 0.717) is 0 Å². The van der Waals surface area contributed by atoms with Crippen LogP contribution in [0.1, 0.15) is 51.9 Å². The second-order valence-electron chi connectivity index (χ2n) is 4.14. The number of hydrogen-bond donors (Lipinski definition) is 1. The number of nitrogens with one attached hydrogen (secondary N) is 1.